The van der Waals surface area contributed by atoms with Crippen LogP contribution < -0.4 is 10.6 Å². The lowest BCUT2D eigenvalue weighted by molar-refractivity contribution is -0.167. The van der Waals surface area contributed by atoms with Crippen LogP contribution in [0.4, 0.5) is 18.9 Å². The standard InChI is InChI=1S/C17H16F3N3O2S/c18-17(19,20)15(25)21-12-7-3-4-10(8-12)9-13-14(24)23-16(26-13)22-11-5-1-2-6-11/h3-4,7-9,11H,1-2,5-6H2,(H,21,25)(H,22,23,24). The molecule has 1 saturated carbocycles. The molecule has 2 aliphatic rings. The molecular weight excluding hydrogens is 367 g/mol. The SMILES string of the molecule is O=C1NC(=NC2CCCC2)SC1=Cc1cccc(NC(=O)C(F)(F)F)c1. The average Bonchev–Trinajstić information content (AvgIpc) is 3.17. The summed E-state index contributed by atoms with van der Waals surface area (Å²) < 4.78 is 37.0. The molecule has 0 spiro atoms. The van der Waals surface area contributed by atoms with Gasteiger partial charge in [-0.25, -0.2) is 0 Å². The van der Waals surface area contributed by atoms with Crippen LogP contribution in [0.15, 0.2) is 34.2 Å². The number of benzene rings is 1. The maximum atomic E-state index is 12.3. The Balaban J connectivity index is 1.72. The van der Waals surface area contributed by atoms with Crippen molar-refractivity contribution in [3.63, 3.8) is 0 Å². The number of hydrogen-bond donors (Lipinski definition) is 2. The van der Waals surface area contributed by atoms with E-state index in [9.17, 15) is 22.8 Å². The zero-order valence-electron chi connectivity index (χ0n) is 13.6. The molecule has 0 atom stereocenters. The van der Waals surface area contributed by atoms with Crippen LogP contribution >= 0.6 is 11.8 Å². The van der Waals surface area contributed by atoms with Gasteiger partial charge in [0.25, 0.3) is 5.91 Å². The van der Waals surface area contributed by atoms with E-state index in [0.717, 1.165) is 25.7 Å². The molecule has 1 aromatic rings. The van der Waals surface area contributed by atoms with E-state index in [1.807, 2.05) is 0 Å². The van der Waals surface area contributed by atoms with E-state index in [1.165, 1.54) is 30.0 Å². The van der Waals surface area contributed by atoms with Crippen molar-refractivity contribution in [1.82, 2.24) is 5.32 Å². The quantitative estimate of drug-likeness (QED) is 0.782. The van der Waals surface area contributed by atoms with E-state index >= 15 is 0 Å². The molecule has 138 valence electrons. The van der Waals surface area contributed by atoms with E-state index < -0.39 is 12.1 Å². The first-order chi connectivity index (χ1) is 12.3. The summed E-state index contributed by atoms with van der Waals surface area (Å²) in [5.74, 6) is -2.34. The lowest BCUT2D eigenvalue weighted by Crippen LogP contribution is -2.29. The lowest BCUT2D eigenvalue weighted by Gasteiger charge is -2.08. The van der Waals surface area contributed by atoms with Gasteiger partial charge in [0.1, 0.15) is 0 Å². The molecule has 1 saturated heterocycles. The summed E-state index contributed by atoms with van der Waals surface area (Å²) in [4.78, 5) is 28.0. The van der Waals surface area contributed by atoms with E-state index in [2.05, 4.69) is 10.3 Å². The van der Waals surface area contributed by atoms with Gasteiger partial charge in [-0.2, -0.15) is 13.2 Å². The molecule has 1 aromatic carbocycles. The summed E-state index contributed by atoms with van der Waals surface area (Å²) in [6, 6.07) is 6.09. The Bertz CT molecular complexity index is 784. The van der Waals surface area contributed by atoms with Crippen molar-refractivity contribution in [2.45, 2.75) is 37.9 Å². The molecule has 0 aromatic heterocycles. The fourth-order valence-corrected chi connectivity index (χ4v) is 3.64. The third-order valence-electron chi connectivity index (χ3n) is 3.98. The maximum Gasteiger partial charge on any atom is 0.471 e. The van der Waals surface area contributed by atoms with Gasteiger partial charge in [-0.05, 0) is 48.4 Å². The minimum Gasteiger partial charge on any atom is -0.318 e. The summed E-state index contributed by atoms with van der Waals surface area (Å²) in [5.41, 5.74) is 0.509. The van der Waals surface area contributed by atoms with Crippen molar-refractivity contribution in [3.8, 4) is 0 Å². The van der Waals surface area contributed by atoms with Crippen LogP contribution in [0.1, 0.15) is 31.2 Å². The summed E-state index contributed by atoms with van der Waals surface area (Å²) in [6.45, 7) is 0. The molecule has 0 bridgehead atoms. The Morgan fingerprint density at radius 2 is 2.04 bits per heavy atom. The number of carbonyl (C=O) groups excluding carboxylic acids is 2. The van der Waals surface area contributed by atoms with Crippen molar-refractivity contribution in [2.75, 3.05) is 5.32 Å². The average molecular weight is 383 g/mol. The van der Waals surface area contributed by atoms with Gasteiger partial charge in [0.2, 0.25) is 0 Å². The number of carbonyl (C=O) groups is 2. The molecule has 2 fully saturated rings. The molecule has 0 radical (unpaired) electrons. The predicted octanol–water partition coefficient (Wildman–Crippen LogP) is 3.69. The molecule has 2 N–H and O–H groups in total. The van der Waals surface area contributed by atoms with Crippen LogP contribution in [0.3, 0.4) is 0 Å². The number of amidine groups is 1. The zero-order valence-corrected chi connectivity index (χ0v) is 14.4. The van der Waals surface area contributed by atoms with E-state index in [4.69, 9.17) is 0 Å². The van der Waals surface area contributed by atoms with Crippen LogP contribution in [0, 0.1) is 0 Å². The zero-order chi connectivity index (χ0) is 18.7. The van der Waals surface area contributed by atoms with Crippen molar-refractivity contribution in [1.29, 1.82) is 0 Å². The molecular formula is C17H16F3N3O2S. The summed E-state index contributed by atoms with van der Waals surface area (Å²) in [7, 11) is 0. The third kappa shape index (κ3) is 4.66. The van der Waals surface area contributed by atoms with Crippen molar-refractivity contribution < 1.29 is 22.8 Å². The summed E-state index contributed by atoms with van der Waals surface area (Å²) in [5, 5.41) is 5.05. The van der Waals surface area contributed by atoms with Crippen LogP contribution in [-0.4, -0.2) is 29.2 Å². The Kier molecular flexibility index (Phi) is 5.36. The van der Waals surface area contributed by atoms with E-state index in [1.54, 1.807) is 17.5 Å². The van der Waals surface area contributed by atoms with Gasteiger partial charge >= 0.3 is 12.1 Å². The molecule has 9 heteroatoms. The second kappa shape index (κ2) is 7.53. The van der Waals surface area contributed by atoms with Crippen molar-refractivity contribution in [2.24, 2.45) is 4.99 Å². The number of anilines is 1. The van der Waals surface area contributed by atoms with Gasteiger partial charge in [0.05, 0.1) is 10.9 Å². The van der Waals surface area contributed by atoms with Crippen LogP contribution in [0.2, 0.25) is 0 Å². The Morgan fingerprint density at radius 1 is 1.31 bits per heavy atom. The minimum atomic E-state index is -4.96. The maximum absolute atomic E-state index is 12.3. The van der Waals surface area contributed by atoms with Gasteiger partial charge < -0.3 is 10.6 Å². The number of alkyl halides is 3. The number of nitrogens with one attached hydrogen (secondary N) is 2. The highest BCUT2D eigenvalue weighted by Crippen LogP contribution is 2.29. The highest BCUT2D eigenvalue weighted by atomic mass is 32.2. The molecule has 5 nitrogen and oxygen atoms in total. The van der Waals surface area contributed by atoms with Crippen LogP contribution in [0.5, 0.6) is 0 Å². The normalized spacial score (nSPS) is 21.4. The predicted molar refractivity (Wildman–Crippen MR) is 94.5 cm³/mol. The Morgan fingerprint density at radius 3 is 2.73 bits per heavy atom. The first-order valence-corrected chi connectivity index (χ1v) is 8.90. The molecule has 1 aliphatic heterocycles. The number of aliphatic imine (C=N–C) groups is 1. The summed E-state index contributed by atoms with van der Waals surface area (Å²) in [6.07, 6.45) is 0.903. The highest BCUT2D eigenvalue weighted by molar-refractivity contribution is 8.18. The topological polar surface area (TPSA) is 70.6 Å². The van der Waals surface area contributed by atoms with Gasteiger partial charge in [-0.3, -0.25) is 14.6 Å². The monoisotopic (exact) mass is 383 g/mol. The second-order valence-electron chi connectivity index (χ2n) is 6.01. The van der Waals surface area contributed by atoms with Gasteiger partial charge in [-0.15, -0.1) is 0 Å². The number of halogens is 3. The second-order valence-corrected chi connectivity index (χ2v) is 7.05. The molecule has 3 rings (SSSR count). The Hall–Kier alpha value is -2.29. The van der Waals surface area contributed by atoms with Gasteiger partial charge in [0.15, 0.2) is 5.17 Å². The fraction of sp³-hybridized carbons (Fsp3) is 0.353. The Labute approximate surface area is 152 Å². The smallest absolute Gasteiger partial charge is 0.318 e. The minimum absolute atomic E-state index is 0.00456. The molecule has 0 unspecified atom stereocenters. The number of amides is 2. The molecule has 1 heterocycles. The lowest BCUT2D eigenvalue weighted by atomic mass is 10.2. The van der Waals surface area contributed by atoms with Gasteiger partial charge in [-0.1, -0.05) is 25.0 Å². The van der Waals surface area contributed by atoms with Crippen molar-refractivity contribution >= 4 is 40.5 Å². The first kappa shape index (κ1) is 18.5. The van der Waals surface area contributed by atoms with Crippen LogP contribution in [-0.2, 0) is 9.59 Å². The number of hydrogen-bond acceptors (Lipinski definition) is 4. The van der Waals surface area contributed by atoms with Crippen molar-refractivity contribution in [3.05, 3.63) is 34.7 Å². The molecule has 26 heavy (non-hydrogen) atoms. The van der Waals surface area contributed by atoms with Crippen LogP contribution in [0.25, 0.3) is 6.08 Å². The largest absolute Gasteiger partial charge is 0.471 e. The molecule has 1 aliphatic carbocycles. The van der Waals surface area contributed by atoms with E-state index in [0.29, 0.717) is 15.6 Å². The number of thioether (sulfide) groups is 1. The fourth-order valence-electron chi connectivity index (χ4n) is 2.75. The van der Waals surface area contributed by atoms with E-state index in [-0.39, 0.29) is 17.6 Å². The first-order valence-electron chi connectivity index (χ1n) is 8.08. The third-order valence-corrected chi connectivity index (χ3v) is 4.90. The highest BCUT2D eigenvalue weighted by Gasteiger charge is 2.38. The number of rotatable bonds is 3. The molecule has 2 amide bonds. The summed E-state index contributed by atoms with van der Waals surface area (Å²) >= 11 is 1.21. The number of nitrogens with zero attached hydrogens (tertiary/aromatic N) is 1. The van der Waals surface area contributed by atoms with Gasteiger partial charge in [0, 0.05) is 5.69 Å².